The van der Waals surface area contributed by atoms with Crippen LogP contribution in [0.2, 0.25) is 26.2 Å². The van der Waals surface area contributed by atoms with E-state index in [1.807, 2.05) is 26.2 Å². The lowest BCUT2D eigenvalue weighted by molar-refractivity contribution is -0.146. The van der Waals surface area contributed by atoms with E-state index in [1.165, 1.54) is 0 Å². The van der Waals surface area contributed by atoms with Gasteiger partial charge in [-0.1, -0.05) is 0 Å². The standard InChI is InChI=1S/C10H16O6Si2/c1-17(2)12-5-6(14-17)7-8-9(10(11)13-7)16-18(3,4)15-8/h6-7H,5H2,1-4H3. The molecule has 0 amide bonds. The minimum Gasteiger partial charge on any atom is -0.509 e. The van der Waals surface area contributed by atoms with Gasteiger partial charge in [-0.05, 0) is 13.1 Å². The molecule has 2 unspecified atom stereocenters. The Kier molecular flexibility index (Phi) is 2.44. The summed E-state index contributed by atoms with van der Waals surface area (Å²) in [6.07, 6.45) is -0.800. The molecule has 18 heavy (non-hydrogen) atoms. The summed E-state index contributed by atoms with van der Waals surface area (Å²) in [5.41, 5.74) is 0. The third kappa shape index (κ3) is 1.89. The van der Waals surface area contributed by atoms with E-state index in [2.05, 4.69) is 0 Å². The summed E-state index contributed by atoms with van der Waals surface area (Å²) >= 11 is 0. The van der Waals surface area contributed by atoms with Gasteiger partial charge in [-0.25, -0.2) is 4.79 Å². The van der Waals surface area contributed by atoms with Crippen LogP contribution < -0.4 is 0 Å². The van der Waals surface area contributed by atoms with Crippen LogP contribution in [-0.2, 0) is 27.2 Å². The lowest BCUT2D eigenvalue weighted by atomic mass is 10.2. The summed E-state index contributed by atoms with van der Waals surface area (Å²) in [6, 6.07) is 0. The van der Waals surface area contributed by atoms with E-state index < -0.39 is 29.2 Å². The molecule has 0 bridgehead atoms. The molecule has 3 aliphatic rings. The number of esters is 1. The lowest BCUT2D eigenvalue weighted by Crippen LogP contribution is -2.38. The largest absolute Gasteiger partial charge is 0.509 e. The smallest absolute Gasteiger partial charge is 0.454 e. The van der Waals surface area contributed by atoms with Gasteiger partial charge in [-0.15, -0.1) is 0 Å². The van der Waals surface area contributed by atoms with Gasteiger partial charge >= 0.3 is 23.1 Å². The fourth-order valence-corrected chi connectivity index (χ4v) is 5.30. The highest BCUT2D eigenvalue weighted by molar-refractivity contribution is 6.66. The van der Waals surface area contributed by atoms with Gasteiger partial charge in [-0.2, -0.15) is 0 Å². The summed E-state index contributed by atoms with van der Waals surface area (Å²) in [7, 11) is -4.34. The number of hydrogen-bond acceptors (Lipinski definition) is 6. The predicted molar refractivity (Wildman–Crippen MR) is 64.9 cm³/mol. The molecule has 0 aromatic carbocycles. The first-order valence-electron chi connectivity index (χ1n) is 5.92. The van der Waals surface area contributed by atoms with Crippen molar-refractivity contribution in [1.82, 2.24) is 0 Å². The monoisotopic (exact) mass is 288 g/mol. The molecule has 2 atom stereocenters. The summed E-state index contributed by atoms with van der Waals surface area (Å²) in [4.78, 5) is 11.7. The minimum absolute atomic E-state index is 0.228. The van der Waals surface area contributed by atoms with E-state index in [1.54, 1.807) is 0 Å². The number of rotatable bonds is 1. The van der Waals surface area contributed by atoms with Crippen molar-refractivity contribution in [2.45, 2.75) is 38.4 Å². The molecule has 0 saturated carbocycles. The Hall–Kier alpha value is -0.836. The molecule has 0 radical (unpaired) electrons. The quantitative estimate of drug-likeness (QED) is 0.529. The fourth-order valence-electron chi connectivity index (χ4n) is 2.29. The van der Waals surface area contributed by atoms with Crippen molar-refractivity contribution in [1.29, 1.82) is 0 Å². The second-order valence-electron chi connectivity index (χ2n) is 5.49. The summed E-state index contributed by atoms with van der Waals surface area (Å²) in [5, 5.41) is 0. The summed E-state index contributed by atoms with van der Waals surface area (Å²) in [6.45, 7) is 8.13. The molecule has 3 aliphatic heterocycles. The average molecular weight is 288 g/mol. The second-order valence-corrected chi connectivity index (χ2v) is 12.0. The zero-order valence-corrected chi connectivity index (χ0v) is 12.8. The number of hydrogen-bond donors (Lipinski definition) is 0. The molecule has 0 N–H and O–H groups in total. The topological polar surface area (TPSA) is 63.2 Å². The first kappa shape index (κ1) is 12.2. The first-order valence-corrected chi connectivity index (χ1v) is 11.6. The van der Waals surface area contributed by atoms with Gasteiger partial charge in [-0.3, -0.25) is 0 Å². The van der Waals surface area contributed by atoms with Crippen LogP contribution in [-0.4, -0.2) is 41.9 Å². The Bertz CT molecular complexity index is 444. The molecule has 3 heterocycles. The Labute approximate surface area is 107 Å². The van der Waals surface area contributed by atoms with Crippen LogP contribution in [0, 0.1) is 0 Å². The lowest BCUT2D eigenvalue weighted by Gasteiger charge is -2.24. The molecule has 3 rings (SSSR count). The van der Waals surface area contributed by atoms with E-state index in [-0.39, 0.29) is 11.9 Å². The summed E-state index contributed by atoms with van der Waals surface area (Å²) < 4.78 is 28.1. The molecule has 8 heteroatoms. The average Bonchev–Trinajstić information content (AvgIpc) is 2.81. The van der Waals surface area contributed by atoms with Crippen molar-refractivity contribution in [3.8, 4) is 0 Å². The van der Waals surface area contributed by atoms with Crippen LogP contribution in [0.15, 0.2) is 11.5 Å². The summed E-state index contributed by atoms with van der Waals surface area (Å²) in [5.74, 6) is 0.270. The van der Waals surface area contributed by atoms with Crippen molar-refractivity contribution in [3.05, 3.63) is 11.5 Å². The minimum atomic E-state index is -2.27. The maximum Gasteiger partial charge on any atom is 0.454 e. The first-order chi connectivity index (χ1) is 8.27. The van der Waals surface area contributed by atoms with Crippen molar-refractivity contribution in [2.75, 3.05) is 6.61 Å². The van der Waals surface area contributed by atoms with Crippen LogP contribution in [0.25, 0.3) is 0 Å². The Morgan fingerprint density at radius 2 is 1.83 bits per heavy atom. The predicted octanol–water partition coefficient (Wildman–Crippen LogP) is 0.989. The van der Waals surface area contributed by atoms with Crippen LogP contribution in [0.3, 0.4) is 0 Å². The molecule has 0 spiro atoms. The molecule has 1 fully saturated rings. The molecular formula is C10H16O6Si2. The molecular weight excluding hydrogens is 272 g/mol. The molecule has 0 aromatic heterocycles. The Balaban J connectivity index is 1.82. The highest BCUT2D eigenvalue weighted by atomic mass is 28.4. The van der Waals surface area contributed by atoms with Crippen molar-refractivity contribution in [3.63, 3.8) is 0 Å². The SMILES string of the molecule is C[Si]1(C)OC2=C(O1)C(C1CO[Si](C)(C)O1)OC2=O. The fraction of sp³-hybridized carbons (Fsp3) is 0.700. The number of carbonyl (C=O) groups excluding carboxylic acids is 1. The van der Waals surface area contributed by atoms with E-state index in [4.69, 9.17) is 22.4 Å². The maximum absolute atomic E-state index is 11.7. The number of cyclic esters (lactones) is 1. The third-order valence-corrected chi connectivity index (χ3v) is 6.11. The molecule has 1 saturated heterocycles. The van der Waals surface area contributed by atoms with Crippen LogP contribution in [0.1, 0.15) is 0 Å². The second kappa shape index (κ2) is 3.59. The van der Waals surface area contributed by atoms with Crippen LogP contribution in [0.4, 0.5) is 0 Å². The van der Waals surface area contributed by atoms with Crippen molar-refractivity contribution < 1.29 is 27.2 Å². The highest BCUT2D eigenvalue weighted by Crippen LogP contribution is 2.39. The van der Waals surface area contributed by atoms with Gasteiger partial charge in [0.25, 0.3) is 0 Å². The van der Waals surface area contributed by atoms with Crippen LogP contribution in [0.5, 0.6) is 0 Å². The highest BCUT2D eigenvalue weighted by Gasteiger charge is 2.55. The van der Waals surface area contributed by atoms with Crippen molar-refractivity contribution in [2.24, 2.45) is 0 Å². The van der Waals surface area contributed by atoms with Gasteiger partial charge < -0.3 is 22.4 Å². The maximum atomic E-state index is 11.7. The van der Waals surface area contributed by atoms with E-state index in [0.717, 1.165) is 0 Å². The zero-order valence-electron chi connectivity index (χ0n) is 10.8. The Morgan fingerprint density at radius 1 is 1.11 bits per heavy atom. The normalized spacial score (nSPS) is 36.1. The van der Waals surface area contributed by atoms with Gasteiger partial charge in [0, 0.05) is 13.1 Å². The Morgan fingerprint density at radius 3 is 2.44 bits per heavy atom. The molecule has 100 valence electrons. The molecule has 0 aliphatic carbocycles. The van der Waals surface area contributed by atoms with E-state index in [0.29, 0.717) is 12.4 Å². The van der Waals surface area contributed by atoms with Crippen molar-refractivity contribution >= 4 is 23.1 Å². The van der Waals surface area contributed by atoms with Gasteiger partial charge in [0.2, 0.25) is 5.76 Å². The number of carbonyl (C=O) groups is 1. The zero-order chi connectivity index (χ0) is 13.1. The van der Waals surface area contributed by atoms with E-state index >= 15 is 0 Å². The third-order valence-electron chi connectivity index (χ3n) is 2.97. The van der Waals surface area contributed by atoms with Gasteiger partial charge in [0.05, 0.1) is 6.61 Å². The van der Waals surface area contributed by atoms with Gasteiger partial charge in [0.15, 0.2) is 11.9 Å². The molecule has 6 nitrogen and oxygen atoms in total. The van der Waals surface area contributed by atoms with Crippen LogP contribution >= 0.6 is 0 Å². The van der Waals surface area contributed by atoms with E-state index in [9.17, 15) is 4.79 Å². The molecule has 0 aromatic rings. The number of ether oxygens (including phenoxy) is 1. The van der Waals surface area contributed by atoms with Gasteiger partial charge in [0.1, 0.15) is 6.10 Å².